The lowest BCUT2D eigenvalue weighted by molar-refractivity contribution is -0.137. The minimum Gasteiger partial charge on any atom is -0.480 e. The lowest BCUT2D eigenvalue weighted by atomic mass is 10.6. The number of aliphatic carboxylic acids is 1. The van der Waals surface area contributed by atoms with E-state index in [1.807, 2.05) is 0 Å². The normalized spacial score (nSPS) is 11.6. The van der Waals surface area contributed by atoms with Crippen molar-refractivity contribution >= 4 is 16.0 Å². The van der Waals surface area contributed by atoms with Crippen molar-refractivity contribution in [1.29, 1.82) is 0 Å². The topological polar surface area (TPSA) is 143 Å². The number of rotatable bonds is 6. The molecule has 0 bridgehead atoms. The van der Waals surface area contributed by atoms with Gasteiger partial charge in [-0.3, -0.25) is 14.6 Å². The Bertz CT molecular complexity index is 661. The van der Waals surface area contributed by atoms with E-state index >= 15 is 0 Å². The van der Waals surface area contributed by atoms with Gasteiger partial charge in [0, 0.05) is 6.20 Å². The van der Waals surface area contributed by atoms with Crippen molar-refractivity contribution in [2.24, 2.45) is 0 Å². The molecule has 2 aromatic rings. The highest BCUT2D eigenvalue weighted by molar-refractivity contribution is 7.89. The Morgan fingerprint density at radius 3 is 2.95 bits per heavy atom. The summed E-state index contributed by atoms with van der Waals surface area (Å²) >= 11 is 0. The van der Waals surface area contributed by atoms with E-state index in [2.05, 4.69) is 25.0 Å². The number of hydrogen-bond donors (Lipinski definition) is 3. The van der Waals surface area contributed by atoms with Crippen LogP contribution in [0.1, 0.15) is 5.82 Å². The highest BCUT2D eigenvalue weighted by atomic mass is 32.2. The van der Waals surface area contributed by atoms with E-state index in [1.165, 1.54) is 6.33 Å². The number of aromatic nitrogens is 5. The van der Waals surface area contributed by atoms with Gasteiger partial charge in [-0.15, -0.1) is 0 Å². The third kappa shape index (κ3) is 3.35. The van der Waals surface area contributed by atoms with Gasteiger partial charge in [0.1, 0.15) is 23.6 Å². The van der Waals surface area contributed by atoms with Crippen LogP contribution in [0, 0.1) is 0 Å². The number of hydrogen-bond acceptors (Lipinski definition) is 6. The quantitative estimate of drug-likeness (QED) is 0.590. The molecule has 2 aromatic heterocycles. The fourth-order valence-electron chi connectivity index (χ4n) is 1.27. The lowest BCUT2D eigenvalue weighted by Crippen LogP contribution is -2.23. The molecule has 2 heterocycles. The van der Waals surface area contributed by atoms with Gasteiger partial charge < -0.3 is 5.11 Å². The number of nitrogens with zero attached hydrogens (tertiary/aromatic N) is 4. The van der Waals surface area contributed by atoms with E-state index < -0.39 is 22.5 Å². The van der Waals surface area contributed by atoms with Crippen molar-refractivity contribution in [3.63, 3.8) is 0 Å². The van der Waals surface area contributed by atoms with Crippen molar-refractivity contribution in [1.82, 2.24) is 29.7 Å². The molecule has 0 unspecified atom stereocenters. The van der Waals surface area contributed by atoms with Crippen molar-refractivity contribution in [3.8, 4) is 0 Å². The average molecular weight is 286 g/mol. The molecule has 0 aliphatic rings. The summed E-state index contributed by atoms with van der Waals surface area (Å²) < 4.78 is 27.0. The Balaban J connectivity index is 2.06. The second kappa shape index (κ2) is 5.16. The van der Waals surface area contributed by atoms with Gasteiger partial charge in [-0.25, -0.2) is 18.1 Å². The zero-order valence-electron chi connectivity index (χ0n) is 9.52. The second-order valence-corrected chi connectivity index (χ2v) is 5.29. The van der Waals surface area contributed by atoms with Crippen LogP contribution in [-0.2, 0) is 27.9 Å². The molecule has 19 heavy (non-hydrogen) atoms. The van der Waals surface area contributed by atoms with Gasteiger partial charge in [0.2, 0.25) is 10.0 Å². The molecule has 0 aliphatic heterocycles. The van der Waals surface area contributed by atoms with Gasteiger partial charge in [-0.2, -0.15) is 10.2 Å². The Morgan fingerprint density at radius 2 is 2.32 bits per heavy atom. The third-order valence-corrected chi connectivity index (χ3v) is 3.47. The maximum Gasteiger partial charge on any atom is 0.325 e. The Hall–Kier alpha value is -2.27. The first-order chi connectivity index (χ1) is 8.97. The zero-order valence-corrected chi connectivity index (χ0v) is 10.3. The molecule has 102 valence electrons. The molecule has 0 aliphatic carbocycles. The van der Waals surface area contributed by atoms with Crippen LogP contribution in [0.3, 0.4) is 0 Å². The number of aromatic amines is 1. The SMILES string of the molecule is O=C(O)Cn1cc(S(=O)(=O)NCc2ncn[nH]2)cn1. The van der Waals surface area contributed by atoms with Gasteiger partial charge in [0.25, 0.3) is 0 Å². The summed E-state index contributed by atoms with van der Waals surface area (Å²) in [6, 6.07) is 0. The fourth-order valence-corrected chi connectivity index (χ4v) is 2.21. The monoisotopic (exact) mass is 286 g/mol. The van der Waals surface area contributed by atoms with Crippen LogP contribution in [0.2, 0.25) is 0 Å². The van der Waals surface area contributed by atoms with Crippen LogP contribution >= 0.6 is 0 Å². The van der Waals surface area contributed by atoms with Crippen LogP contribution in [0.25, 0.3) is 0 Å². The summed E-state index contributed by atoms with van der Waals surface area (Å²) in [4.78, 5) is 14.1. The summed E-state index contributed by atoms with van der Waals surface area (Å²) in [7, 11) is -3.77. The van der Waals surface area contributed by atoms with Crippen molar-refractivity contribution < 1.29 is 18.3 Å². The molecule has 0 fully saturated rings. The smallest absolute Gasteiger partial charge is 0.325 e. The van der Waals surface area contributed by atoms with Crippen LogP contribution in [0.5, 0.6) is 0 Å². The Labute approximate surface area is 107 Å². The van der Waals surface area contributed by atoms with Gasteiger partial charge in [-0.05, 0) is 0 Å². The van der Waals surface area contributed by atoms with Gasteiger partial charge in [-0.1, -0.05) is 0 Å². The summed E-state index contributed by atoms with van der Waals surface area (Å²) in [5.74, 6) is -0.747. The highest BCUT2D eigenvalue weighted by Gasteiger charge is 2.17. The lowest BCUT2D eigenvalue weighted by Gasteiger charge is -2.01. The number of carboxylic acid groups (broad SMARTS) is 1. The van der Waals surface area contributed by atoms with Crippen LogP contribution in [0.15, 0.2) is 23.6 Å². The average Bonchev–Trinajstić information content (AvgIpc) is 2.96. The molecule has 0 saturated carbocycles. The van der Waals surface area contributed by atoms with Crippen molar-refractivity contribution in [3.05, 3.63) is 24.5 Å². The van der Waals surface area contributed by atoms with E-state index in [0.29, 0.717) is 5.82 Å². The summed E-state index contributed by atoms with van der Waals surface area (Å²) in [5.41, 5.74) is 0. The number of carboxylic acids is 1. The number of sulfonamides is 1. The summed E-state index contributed by atoms with van der Waals surface area (Å²) in [6.45, 7) is -0.454. The molecule has 0 saturated heterocycles. The molecule has 0 radical (unpaired) electrons. The molecule has 3 N–H and O–H groups in total. The van der Waals surface area contributed by atoms with Crippen molar-refractivity contribution in [2.75, 3.05) is 0 Å². The molecular weight excluding hydrogens is 276 g/mol. The molecular formula is C8H10N6O4S. The molecule has 0 amide bonds. The first kappa shape index (κ1) is 13.2. The predicted molar refractivity (Wildman–Crippen MR) is 60.3 cm³/mol. The van der Waals surface area contributed by atoms with Crippen molar-refractivity contribution in [2.45, 2.75) is 18.0 Å². The highest BCUT2D eigenvalue weighted by Crippen LogP contribution is 2.07. The third-order valence-electron chi connectivity index (χ3n) is 2.11. The maximum absolute atomic E-state index is 11.9. The fraction of sp³-hybridized carbons (Fsp3) is 0.250. The van der Waals surface area contributed by atoms with E-state index in [1.54, 1.807) is 0 Å². The second-order valence-electron chi connectivity index (χ2n) is 3.52. The number of H-pyrrole nitrogens is 1. The number of nitrogens with one attached hydrogen (secondary N) is 2. The molecule has 10 nitrogen and oxygen atoms in total. The molecule has 2 rings (SSSR count). The maximum atomic E-state index is 11.9. The molecule has 11 heteroatoms. The van der Waals surface area contributed by atoms with E-state index in [0.717, 1.165) is 17.1 Å². The van der Waals surface area contributed by atoms with E-state index in [4.69, 9.17) is 5.11 Å². The Morgan fingerprint density at radius 1 is 1.53 bits per heavy atom. The molecule has 0 aromatic carbocycles. The summed E-state index contributed by atoms with van der Waals surface area (Å²) in [5, 5.41) is 18.3. The standard InChI is InChI=1S/C8H10N6O4S/c15-8(16)4-14-3-6(1-11-14)19(17,18)12-2-7-9-5-10-13-7/h1,3,5,12H,2,4H2,(H,15,16)(H,9,10,13). The minimum atomic E-state index is -3.77. The molecule has 0 atom stereocenters. The van der Waals surface area contributed by atoms with Gasteiger partial charge in [0.15, 0.2) is 0 Å². The van der Waals surface area contributed by atoms with Crippen LogP contribution in [0.4, 0.5) is 0 Å². The predicted octanol–water partition coefficient (Wildman–Crippen LogP) is -1.44. The first-order valence-corrected chi connectivity index (χ1v) is 6.54. The van der Waals surface area contributed by atoms with E-state index in [9.17, 15) is 13.2 Å². The minimum absolute atomic E-state index is 0.0492. The van der Waals surface area contributed by atoms with Gasteiger partial charge in [0.05, 0.1) is 12.7 Å². The Kier molecular flexibility index (Phi) is 3.57. The summed E-state index contributed by atoms with van der Waals surface area (Å²) in [6.07, 6.45) is 3.47. The largest absolute Gasteiger partial charge is 0.480 e. The zero-order chi connectivity index (χ0) is 13.9. The number of carbonyl (C=O) groups is 1. The molecule has 0 spiro atoms. The van der Waals surface area contributed by atoms with Gasteiger partial charge >= 0.3 is 5.97 Å². The van der Waals surface area contributed by atoms with E-state index in [-0.39, 0.29) is 11.4 Å². The van der Waals surface area contributed by atoms with Crippen LogP contribution < -0.4 is 4.72 Å². The van der Waals surface area contributed by atoms with Crippen LogP contribution in [-0.4, -0.2) is 44.5 Å². The first-order valence-electron chi connectivity index (χ1n) is 5.05.